The van der Waals surface area contributed by atoms with Gasteiger partial charge in [0.25, 0.3) is 0 Å². The summed E-state index contributed by atoms with van der Waals surface area (Å²) in [6.45, 7) is 2.08. The Hall–Kier alpha value is -2.15. The minimum absolute atomic E-state index is 0.0754. The van der Waals surface area contributed by atoms with E-state index in [9.17, 15) is 9.18 Å². The van der Waals surface area contributed by atoms with E-state index in [0.29, 0.717) is 28.8 Å². The van der Waals surface area contributed by atoms with Crippen LogP contribution in [0.2, 0.25) is 0 Å². The highest BCUT2D eigenvalue weighted by Crippen LogP contribution is 2.22. The molecule has 1 aromatic heterocycles. The maximum Gasteiger partial charge on any atom is 0.310 e. The van der Waals surface area contributed by atoms with Gasteiger partial charge < -0.3 is 10.1 Å². The number of ether oxygens (including phenoxy) is 1. The van der Waals surface area contributed by atoms with E-state index >= 15 is 0 Å². The average Bonchev–Trinajstić information content (AvgIpc) is 2.51. The zero-order valence-electron chi connectivity index (χ0n) is 12.3. The SMILES string of the molecule is CCOC(=O)Cc1cnc(SC)nc1Nc1ccc(F)cc1. The fourth-order valence-electron chi connectivity index (χ4n) is 1.76. The van der Waals surface area contributed by atoms with Crippen molar-refractivity contribution < 1.29 is 13.9 Å². The van der Waals surface area contributed by atoms with Gasteiger partial charge in [-0.05, 0) is 37.4 Å². The molecule has 2 rings (SSSR count). The van der Waals surface area contributed by atoms with Gasteiger partial charge >= 0.3 is 5.97 Å². The lowest BCUT2D eigenvalue weighted by molar-refractivity contribution is -0.142. The summed E-state index contributed by atoms with van der Waals surface area (Å²) in [6.07, 6.45) is 3.54. The maximum atomic E-state index is 13.0. The molecule has 1 N–H and O–H groups in total. The molecular weight excluding hydrogens is 305 g/mol. The van der Waals surface area contributed by atoms with Crippen molar-refractivity contribution in [3.63, 3.8) is 0 Å². The fourth-order valence-corrected chi connectivity index (χ4v) is 2.10. The van der Waals surface area contributed by atoms with Crippen molar-refractivity contribution in [1.29, 1.82) is 0 Å². The van der Waals surface area contributed by atoms with E-state index in [2.05, 4.69) is 15.3 Å². The van der Waals surface area contributed by atoms with Crippen LogP contribution in [0.1, 0.15) is 12.5 Å². The summed E-state index contributed by atoms with van der Waals surface area (Å²) in [5.41, 5.74) is 1.30. The smallest absolute Gasteiger partial charge is 0.310 e. The molecule has 116 valence electrons. The van der Waals surface area contributed by atoms with Crippen molar-refractivity contribution >= 4 is 29.2 Å². The van der Waals surface area contributed by atoms with Gasteiger partial charge in [0, 0.05) is 17.4 Å². The van der Waals surface area contributed by atoms with Crippen LogP contribution in [0.5, 0.6) is 0 Å². The van der Waals surface area contributed by atoms with E-state index in [1.807, 2.05) is 6.26 Å². The molecule has 1 heterocycles. The van der Waals surface area contributed by atoms with E-state index in [1.165, 1.54) is 23.9 Å². The maximum absolute atomic E-state index is 13.0. The molecule has 2 aromatic rings. The third-order valence-electron chi connectivity index (χ3n) is 2.77. The van der Waals surface area contributed by atoms with Gasteiger partial charge in [-0.1, -0.05) is 11.8 Å². The summed E-state index contributed by atoms with van der Waals surface area (Å²) in [6, 6.07) is 5.91. The normalized spacial score (nSPS) is 10.3. The van der Waals surface area contributed by atoms with Gasteiger partial charge in [0.15, 0.2) is 5.16 Å². The predicted octanol–water partition coefficient (Wildman–Crippen LogP) is 3.19. The lowest BCUT2D eigenvalue weighted by Crippen LogP contribution is -2.11. The highest BCUT2D eigenvalue weighted by Gasteiger charge is 2.12. The number of carbonyl (C=O) groups excluding carboxylic acids is 1. The van der Waals surface area contributed by atoms with Crippen LogP contribution in [-0.2, 0) is 16.0 Å². The number of halogens is 1. The first kappa shape index (κ1) is 16.2. The van der Waals surface area contributed by atoms with Crippen LogP contribution < -0.4 is 5.32 Å². The molecule has 0 atom stereocenters. The number of thioether (sulfide) groups is 1. The lowest BCUT2D eigenvalue weighted by Gasteiger charge is -2.11. The Balaban J connectivity index is 2.25. The summed E-state index contributed by atoms with van der Waals surface area (Å²) in [5.74, 6) is -0.144. The second-order valence-electron chi connectivity index (χ2n) is 4.34. The van der Waals surface area contributed by atoms with Gasteiger partial charge in [0.1, 0.15) is 11.6 Å². The summed E-state index contributed by atoms with van der Waals surface area (Å²) < 4.78 is 17.9. The Morgan fingerprint density at radius 2 is 2.09 bits per heavy atom. The van der Waals surface area contributed by atoms with Crippen LogP contribution in [0.3, 0.4) is 0 Å². The number of anilines is 2. The molecule has 5 nitrogen and oxygen atoms in total. The van der Waals surface area contributed by atoms with Crippen LogP contribution in [0.15, 0.2) is 35.6 Å². The third-order valence-corrected chi connectivity index (χ3v) is 3.33. The first-order valence-electron chi connectivity index (χ1n) is 6.70. The molecular formula is C15H16FN3O2S. The van der Waals surface area contributed by atoms with Crippen LogP contribution in [0.25, 0.3) is 0 Å². The monoisotopic (exact) mass is 321 g/mol. The number of benzene rings is 1. The van der Waals surface area contributed by atoms with Gasteiger partial charge in [0.2, 0.25) is 0 Å². The molecule has 0 amide bonds. The number of nitrogens with one attached hydrogen (secondary N) is 1. The summed E-state index contributed by atoms with van der Waals surface area (Å²) in [5, 5.41) is 3.66. The first-order chi connectivity index (χ1) is 10.6. The highest BCUT2D eigenvalue weighted by atomic mass is 32.2. The number of rotatable bonds is 6. The van der Waals surface area contributed by atoms with Gasteiger partial charge in [-0.25, -0.2) is 14.4 Å². The molecule has 0 aliphatic carbocycles. The van der Waals surface area contributed by atoms with Crippen molar-refractivity contribution in [3.05, 3.63) is 41.8 Å². The molecule has 0 saturated heterocycles. The number of hydrogen-bond acceptors (Lipinski definition) is 6. The molecule has 0 aliphatic rings. The number of aromatic nitrogens is 2. The van der Waals surface area contributed by atoms with Gasteiger partial charge in [-0.2, -0.15) is 0 Å². The molecule has 0 spiro atoms. The zero-order chi connectivity index (χ0) is 15.9. The molecule has 0 bridgehead atoms. The van der Waals surface area contributed by atoms with Crippen molar-refractivity contribution in [2.45, 2.75) is 18.5 Å². The number of esters is 1. The van der Waals surface area contributed by atoms with E-state index in [-0.39, 0.29) is 18.2 Å². The quantitative estimate of drug-likeness (QED) is 0.501. The molecule has 0 unspecified atom stereocenters. The standard InChI is InChI=1S/C15H16FN3O2S/c1-3-21-13(20)8-10-9-17-15(22-2)19-14(10)18-12-6-4-11(16)5-7-12/h4-7,9H,3,8H2,1-2H3,(H,17,18,19). The second-order valence-corrected chi connectivity index (χ2v) is 5.12. The van der Waals surface area contributed by atoms with Crippen molar-refractivity contribution in [1.82, 2.24) is 9.97 Å². The average molecular weight is 321 g/mol. The van der Waals surface area contributed by atoms with E-state index in [4.69, 9.17) is 4.74 Å². The molecule has 0 aliphatic heterocycles. The fraction of sp³-hybridized carbons (Fsp3) is 0.267. The molecule has 7 heteroatoms. The molecule has 0 saturated carbocycles. The van der Waals surface area contributed by atoms with Crippen molar-refractivity contribution in [2.75, 3.05) is 18.2 Å². The highest BCUT2D eigenvalue weighted by molar-refractivity contribution is 7.98. The Bertz CT molecular complexity index is 650. The Morgan fingerprint density at radius 3 is 2.73 bits per heavy atom. The van der Waals surface area contributed by atoms with Crippen LogP contribution in [0.4, 0.5) is 15.9 Å². The molecule has 1 aromatic carbocycles. The van der Waals surface area contributed by atoms with Gasteiger partial charge in [0.05, 0.1) is 13.0 Å². The predicted molar refractivity (Wildman–Crippen MR) is 83.8 cm³/mol. The zero-order valence-corrected chi connectivity index (χ0v) is 13.1. The van der Waals surface area contributed by atoms with Crippen molar-refractivity contribution in [2.24, 2.45) is 0 Å². The van der Waals surface area contributed by atoms with Crippen LogP contribution in [0, 0.1) is 5.82 Å². The molecule has 22 heavy (non-hydrogen) atoms. The number of carbonyl (C=O) groups is 1. The van der Waals surface area contributed by atoms with E-state index in [0.717, 1.165) is 0 Å². The van der Waals surface area contributed by atoms with Crippen LogP contribution in [-0.4, -0.2) is 28.8 Å². The third kappa shape index (κ3) is 4.42. The Kier molecular flexibility index (Phi) is 5.71. The number of hydrogen-bond donors (Lipinski definition) is 1. The number of nitrogens with zero attached hydrogens (tertiary/aromatic N) is 2. The van der Waals surface area contributed by atoms with Crippen molar-refractivity contribution in [3.8, 4) is 0 Å². The lowest BCUT2D eigenvalue weighted by atomic mass is 10.2. The minimum Gasteiger partial charge on any atom is -0.466 e. The largest absolute Gasteiger partial charge is 0.466 e. The molecule has 0 fully saturated rings. The summed E-state index contributed by atoms with van der Waals surface area (Å²) >= 11 is 1.40. The topological polar surface area (TPSA) is 64.1 Å². The minimum atomic E-state index is -0.342. The summed E-state index contributed by atoms with van der Waals surface area (Å²) in [7, 11) is 0. The van der Waals surface area contributed by atoms with E-state index in [1.54, 1.807) is 25.3 Å². The van der Waals surface area contributed by atoms with Gasteiger partial charge in [-0.3, -0.25) is 4.79 Å². The first-order valence-corrected chi connectivity index (χ1v) is 7.93. The van der Waals surface area contributed by atoms with Gasteiger partial charge in [-0.15, -0.1) is 0 Å². The van der Waals surface area contributed by atoms with E-state index < -0.39 is 0 Å². The Morgan fingerprint density at radius 1 is 1.36 bits per heavy atom. The molecule has 0 radical (unpaired) electrons. The summed E-state index contributed by atoms with van der Waals surface area (Å²) in [4.78, 5) is 20.2. The second kappa shape index (κ2) is 7.74. The Labute approximate surface area is 132 Å². The van der Waals surface area contributed by atoms with Crippen LogP contribution >= 0.6 is 11.8 Å².